The number of nitrogens with one attached hydrogen (secondary N) is 3. The van der Waals surface area contributed by atoms with Gasteiger partial charge in [0.1, 0.15) is 18.1 Å². The summed E-state index contributed by atoms with van der Waals surface area (Å²) in [5.74, 6) is -6.70. The van der Waals surface area contributed by atoms with E-state index in [-0.39, 0.29) is 31.8 Å². The average molecular weight is 517 g/mol. The Labute approximate surface area is 207 Å². The largest absolute Gasteiger partial charge is 0.481 e. The van der Waals surface area contributed by atoms with E-state index in [9.17, 15) is 33.9 Å². The van der Waals surface area contributed by atoms with Crippen LogP contribution in [0, 0.1) is 5.92 Å². The Kier molecular flexibility index (Phi) is 14.1. The fourth-order valence-corrected chi connectivity index (χ4v) is 2.94. The number of rotatable bonds is 17. The number of primary amides is 1. The number of hydrogen-bond donors (Lipinski definition) is 9. The first-order valence-electron chi connectivity index (χ1n) is 11.1. The number of carbonyl (C=O) groups excluding carboxylic acids is 4. The van der Waals surface area contributed by atoms with E-state index in [0.717, 1.165) is 0 Å². The molecule has 0 aliphatic heterocycles. The molecule has 0 radical (unpaired) electrons. The average Bonchev–Trinajstić information content (AvgIpc) is 2.75. The van der Waals surface area contributed by atoms with Crippen molar-refractivity contribution in [3.8, 4) is 0 Å². The van der Waals surface area contributed by atoms with Gasteiger partial charge in [-0.3, -0.25) is 29.0 Å². The van der Waals surface area contributed by atoms with Crippen LogP contribution in [0.25, 0.3) is 0 Å². The Hall–Kier alpha value is -3.95. The lowest BCUT2D eigenvalue weighted by Crippen LogP contribution is -2.58. The van der Waals surface area contributed by atoms with Crippen molar-refractivity contribution in [3.05, 3.63) is 0 Å². The molecular weight excluding hydrogens is 480 g/mol. The van der Waals surface area contributed by atoms with Crippen LogP contribution in [0.2, 0.25) is 0 Å². The SMILES string of the molecule is CC(C)C(NC(=O)C(CCC(=O)O)NC(=O)C(N)CC(N)=O)C(=O)NC(CCCN=C(N)N)C(=O)O. The van der Waals surface area contributed by atoms with Gasteiger partial charge in [0.2, 0.25) is 23.6 Å². The van der Waals surface area contributed by atoms with E-state index in [1.54, 1.807) is 13.8 Å². The van der Waals surface area contributed by atoms with Gasteiger partial charge >= 0.3 is 11.9 Å². The van der Waals surface area contributed by atoms with Gasteiger partial charge in [0, 0.05) is 13.0 Å². The third-order valence-electron chi connectivity index (χ3n) is 4.84. The summed E-state index contributed by atoms with van der Waals surface area (Å²) in [5.41, 5.74) is 21.0. The number of nitrogens with two attached hydrogens (primary N) is 4. The fraction of sp³-hybridized carbons (Fsp3) is 0.650. The van der Waals surface area contributed by atoms with E-state index in [0.29, 0.717) is 0 Å². The molecule has 0 saturated heterocycles. The molecule has 4 unspecified atom stereocenters. The number of carboxylic acids is 2. The van der Waals surface area contributed by atoms with Crippen LogP contribution in [-0.4, -0.2) is 82.5 Å². The molecule has 16 nitrogen and oxygen atoms in total. The third-order valence-corrected chi connectivity index (χ3v) is 4.84. The zero-order valence-electron chi connectivity index (χ0n) is 20.2. The predicted octanol–water partition coefficient (Wildman–Crippen LogP) is -3.70. The quantitative estimate of drug-likeness (QED) is 0.0514. The second-order valence-corrected chi connectivity index (χ2v) is 8.35. The summed E-state index contributed by atoms with van der Waals surface area (Å²) in [6, 6.07) is -5.29. The monoisotopic (exact) mass is 516 g/mol. The summed E-state index contributed by atoms with van der Waals surface area (Å²) < 4.78 is 0. The van der Waals surface area contributed by atoms with Crippen LogP contribution in [-0.2, 0) is 28.8 Å². The highest BCUT2D eigenvalue weighted by Gasteiger charge is 2.32. The van der Waals surface area contributed by atoms with Crippen molar-refractivity contribution >= 4 is 41.5 Å². The van der Waals surface area contributed by atoms with E-state index in [4.69, 9.17) is 28.0 Å². The smallest absolute Gasteiger partial charge is 0.326 e. The molecule has 0 aromatic heterocycles. The van der Waals surface area contributed by atoms with Gasteiger partial charge in [-0.25, -0.2) is 4.79 Å². The summed E-state index contributed by atoms with van der Waals surface area (Å²) in [6.45, 7) is 3.33. The molecule has 36 heavy (non-hydrogen) atoms. The Balaban J connectivity index is 5.45. The van der Waals surface area contributed by atoms with Gasteiger partial charge in [-0.05, 0) is 25.2 Å². The van der Waals surface area contributed by atoms with Crippen molar-refractivity contribution in [1.29, 1.82) is 0 Å². The number of guanidine groups is 1. The highest BCUT2D eigenvalue weighted by molar-refractivity contribution is 5.95. The number of hydrogen-bond acceptors (Lipinski definition) is 8. The van der Waals surface area contributed by atoms with Gasteiger partial charge in [-0.15, -0.1) is 0 Å². The minimum Gasteiger partial charge on any atom is -0.481 e. The number of amides is 4. The summed E-state index contributed by atoms with van der Waals surface area (Å²) in [7, 11) is 0. The van der Waals surface area contributed by atoms with Crippen LogP contribution in [0.4, 0.5) is 0 Å². The van der Waals surface area contributed by atoms with Crippen molar-refractivity contribution in [3.63, 3.8) is 0 Å². The first kappa shape index (κ1) is 32.0. The van der Waals surface area contributed by atoms with Crippen LogP contribution in [0.3, 0.4) is 0 Å². The lowest BCUT2D eigenvalue weighted by atomic mass is 10.0. The van der Waals surface area contributed by atoms with Crippen molar-refractivity contribution in [2.75, 3.05) is 6.54 Å². The number of aliphatic imine (C=N–C) groups is 1. The Morgan fingerprint density at radius 1 is 0.833 bits per heavy atom. The van der Waals surface area contributed by atoms with Gasteiger partial charge in [0.05, 0.1) is 12.5 Å². The fourth-order valence-electron chi connectivity index (χ4n) is 2.94. The molecule has 0 rings (SSSR count). The molecule has 16 heteroatoms. The van der Waals surface area contributed by atoms with E-state index in [1.165, 1.54) is 0 Å². The standard InChI is InChI=1S/C20H36N8O8/c1-9(2)15(18(34)27-12(19(35)36)4-3-7-25-20(23)24)28-17(33)11(5-6-14(30)31)26-16(32)10(21)8-13(22)29/h9-12,15H,3-8,21H2,1-2H3,(H2,22,29)(H,26,32)(H,27,34)(H,28,33)(H,30,31)(H,35,36)(H4,23,24,25). The van der Waals surface area contributed by atoms with E-state index in [2.05, 4.69) is 20.9 Å². The summed E-state index contributed by atoms with van der Waals surface area (Å²) in [5, 5.41) is 25.4. The van der Waals surface area contributed by atoms with Gasteiger partial charge in [-0.2, -0.15) is 0 Å². The molecule has 4 atom stereocenters. The summed E-state index contributed by atoms with van der Waals surface area (Å²) >= 11 is 0. The maximum Gasteiger partial charge on any atom is 0.326 e. The van der Waals surface area contributed by atoms with Crippen LogP contribution in [0.1, 0.15) is 46.0 Å². The predicted molar refractivity (Wildman–Crippen MR) is 127 cm³/mol. The van der Waals surface area contributed by atoms with E-state index in [1.807, 2.05) is 0 Å². The van der Waals surface area contributed by atoms with Crippen molar-refractivity contribution < 1.29 is 39.0 Å². The maximum absolute atomic E-state index is 12.9. The second kappa shape index (κ2) is 15.9. The summed E-state index contributed by atoms with van der Waals surface area (Å²) in [4.78, 5) is 75.2. The van der Waals surface area contributed by atoms with Crippen LogP contribution < -0.4 is 38.9 Å². The maximum atomic E-state index is 12.9. The van der Waals surface area contributed by atoms with Crippen LogP contribution >= 0.6 is 0 Å². The Morgan fingerprint density at radius 3 is 1.89 bits per heavy atom. The molecule has 13 N–H and O–H groups in total. The Morgan fingerprint density at radius 2 is 1.42 bits per heavy atom. The van der Waals surface area contributed by atoms with Gasteiger partial charge in [0.25, 0.3) is 0 Å². The second-order valence-electron chi connectivity index (χ2n) is 8.35. The summed E-state index contributed by atoms with van der Waals surface area (Å²) in [6.07, 6.45) is -1.09. The topological polar surface area (TPSA) is 295 Å². The molecule has 0 aliphatic carbocycles. The van der Waals surface area contributed by atoms with Gasteiger partial charge in [-0.1, -0.05) is 13.8 Å². The zero-order chi connectivity index (χ0) is 28.0. The molecule has 0 aromatic rings. The van der Waals surface area contributed by atoms with Crippen molar-refractivity contribution in [1.82, 2.24) is 16.0 Å². The minimum atomic E-state index is -1.41. The number of aliphatic carboxylic acids is 2. The van der Waals surface area contributed by atoms with Crippen LogP contribution in [0.15, 0.2) is 4.99 Å². The van der Waals surface area contributed by atoms with E-state index >= 15 is 0 Å². The molecule has 204 valence electrons. The molecule has 0 heterocycles. The third kappa shape index (κ3) is 13.1. The molecule has 4 amide bonds. The Bertz CT molecular complexity index is 844. The van der Waals surface area contributed by atoms with Crippen molar-refractivity contribution in [2.45, 2.75) is 70.1 Å². The highest BCUT2D eigenvalue weighted by Crippen LogP contribution is 2.07. The molecular formula is C20H36N8O8. The number of nitrogens with zero attached hydrogens (tertiary/aromatic N) is 1. The number of carboxylic acid groups (broad SMARTS) is 2. The molecule has 0 aliphatic rings. The first-order valence-corrected chi connectivity index (χ1v) is 11.1. The van der Waals surface area contributed by atoms with Crippen LogP contribution in [0.5, 0.6) is 0 Å². The molecule has 0 saturated carbocycles. The van der Waals surface area contributed by atoms with E-state index < -0.39 is 78.5 Å². The molecule has 0 aromatic carbocycles. The highest BCUT2D eigenvalue weighted by atomic mass is 16.4. The molecule has 0 fully saturated rings. The zero-order valence-corrected chi connectivity index (χ0v) is 20.2. The lowest BCUT2D eigenvalue weighted by molar-refractivity contribution is -0.142. The lowest BCUT2D eigenvalue weighted by Gasteiger charge is -2.27. The molecule has 0 bridgehead atoms. The minimum absolute atomic E-state index is 0.00562. The van der Waals surface area contributed by atoms with Gasteiger partial charge < -0.3 is 49.1 Å². The first-order chi connectivity index (χ1) is 16.6. The normalized spacial score (nSPS) is 14.0. The van der Waals surface area contributed by atoms with Gasteiger partial charge in [0.15, 0.2) is 5.96 Å². The molecule has 0 spiro atoms. The van der Waals surface area contributed by atoms with Crippen molar-refractivity contribution in [2.24, 2.45) is 33.8 Å². The number of carbonyl (C=O) groups is 6.